The molecule has 4 aromatic rings. The summed E-state index contributed by atoms with van der Waals surface area (Å²) in [6.45, 7) is 8.91. The van der Waals surface area contributed by atoms with Gasteiger partial charge in [-0.05, 0) is 76.6 Å². The Balaban J connectivity index is 1.23. The Morgan fingerprint density at radius 1 is 1.07 bits per heavy atom. The quantitative estimate of drug-likeness (QED) is 0.218. The van der Waals surface area contributed by atoms with Gasteiger partial charge in [0.15, 0.2) is 11.6 Å². The highest BCUT2D eigenvalue weighted by molar-refractivity contribution is 6.04. The Labute approximate surface area is 318 Å². The number of benzene rings is 2. The van der Waals surface area contributed by atoms with Gasteiger partial charge >= 0.3 is 6.01 Å². The summed E-state index contributed by atoms with van der Waals surface area (Å²) in [6.07, 6.45) is 10.7. The fraction of sp³-hybridized carbons (Fsp3) is 0.537. The fourth-order valence-corrected chi connectivity index (χ4v) is 9.21. The van der Waals surface area contributed by atoms with Crippen molar-refractivity contribution in [3.8, 4) is 41.2 Å². The first-order chi connectivity index (χ1) is 26.3. The molecule has 8 rings (SSSR count). The van der Waals surface area contributed by atoms with Gasteiger partial charge in [0.1, 0.15) is 39.6 Å². The van der Waals surface area contributed by atoms with Gasteiger partial charge in [-0.2, -0.15) is 9.97 Å². The first kappa shape index (κ1) is 37.5. The molecule has 1 aliphatic carbocycles. The molecule has 12 nitrogen and oxygen atoms in total. The van der Waals surface area contributed by atoms with E-state index in [1.54, 1.807) is 11.8 Å². The summed E-state index contributed by atoms with van der Waals surface area (Å²) in [5.41, 5.74) is -1.89. The highest BCUT2D eigenvalue weighted by Gasteiger charge is 2.49. The van der Waals surface area contributed by atoms with E-state index in [0.29, 0.717) is 25.1 Å². The Bertz CT molecular complexity index is 2180. The number of aromatic nitrogens is 3. The second-order valence-corrected chi connectivity index (χ2v) is 16.1. The second-order valence-electron chi connectivity index (χ2n) is 16.1. The minimum absolute atomic E-state index is 0.0217. The third-order valence-corrected chi connectivity index (χ3v) is 11.5. The largest absolute Gasteiger partial charge is 0.508 e. The molecule has 2 N–H and O–H groups in total. The second kappa shape index (κ2) is 14.3. The number of nitrogens with zero attached hydrogens (tertiary/aromatic N) is 5. The summed E-state index contributed by atoms with van der Waals surface area (Å²) in [4.78, 5) is 18.5. The topological polar surface area (TPSA) is 132 Å². The van der Waals surface area contributed by atoms with Crippen LogP contribution >= 0.6 is 0 Å². The number of terminal acetylenes is 1. The third kappa shape index (κ3) is 7.02. The van der Waals surface area contributed by atoms with Crippen LogP contribution in [0.5, 0.6) is 17.6 Å². The number of aliphatic hydroxyl groups is 1. The lowest BCUT2D eigenvalue weighted by molar-refractivity contribution is -0.143. The van der Waals surface area contributed by atoms with Crippen molar-refractivity contribution in [1.29, 1.82) is 0 Å². The van der Waals surface area contributed by atoms with Gasteiger partial charge in [-0.15, -0.1) is 6.42 Å². The number of phenols is 1. The lowest BCUT2D eigenvalue weighted by Gasteiger charge is -2.46. The Morgan fingerprint density at radius 2 is 1.89 bits per heavy atom. The number of ether oxygens (including phenoxy) is 5. The number of fused-ring (bicyclic) bond motifs is 3. The van der Waals surface area contributed by atoms with Crippen LogP contribution in [-0.4, -0.2) is 113 Å². The summed E-state index contributed by atoms with van der Waals surface area (Å²) in [5, 5.41) is 22.7. The average molecular weight is 760 g/mol. The van der Waals surface area contributed by atoms with Crippen molar-refractivity contribution in [2.75, 3.05) is 64.6 Å². The summed E-state index contributed by atoms with van der Waals surface area (Å²) < 4.78 is 62.5. The van der Waals surface area contributed by atoms with Crippen molar-refractivity contribution >= 4 is 27.5 Å². The lowest BCUT2D eigenvalue weighted by atomic mass is 9.75. The summed E-state index contributed by atoms with van der Waals surface area (Å²) in [7, 11) is 1.39. The van der Waals surface area contributed by atoms with Gasteiger partial charge in [-0.1, -0.05) is 18.4 Å². The van der Waals surface area contributed by atoms with Crippen molar-refractivity contribution < 1.29 is 42.7 Å². The Kier molecular flexibility index (Phi) is 9.74. The van der Waals surface area contributed by atoms with Gasteiger partial charge < -0.3 is 38.8 Å². The van der Waals surface area contributed by atoms with E-state index in [1.165, 1.54) is 31.4 Å². The number of halogens is 2. The van der Waals surface area contributed by atoms with E-state index in [0.717, 1.165) is 45.2 Å². The molecule has 4 fully saturated rings. The number of phenolic OH excluding ortho intramolecular Hbond substituents is 1. The van der Waals surface area contributed by atoms with E-state index in [9.17, 15) is 10.2 Å². The summed E-state index contributed by atoms with van der Waals surface area (Å²) >= 11 is 0. The third-order valence-electron chi connectivity index (χ3n) is 11.5. The van der Waals surface area contributed by atoms with Crippen LogP contribution in [0.4, 0.5) is 14.6 Å². The van der Waals surface area contributed by atoms with Gasteiger partial charge in [0.2, 0.25) is 5.88 Å². The van der Waals surface area contributed by atoms with E-state index < -0.39 is 23.0 Å². The highest BCUT2D eigenvalue weighted by atomic mass is 19.1. The molecular weight excluding hydrogens is 712 g/mol. The maximum Gasteiger partial charge on any atom is 0.319 e. The van der Waals surface area contributed by atoms with Gasteiger partial charge in [-0.25, -0.2) is 13.8 Å². The first-order valence-corrected chi connectivity index (χ1v) is 18.9. The maximum atomic E-state index is 17.3. The fourth-order valence-electron chi connectivity index (χ4n) is 9.21. The van der Waals surface area contributed by atoms with Crippen LogP contribution in [0.25, 0.3) is 32.9 Å². The number of rotatable bonds is 8. The Hall–Kier alpha value is -4.39. The standard InChI is InChI=1S/C41H47F2N5O7/c1-6-27-29(42)11-10-24-17-25(49)18-28(31(24)27)34-33(43)35-32(37(44-34)51-5)36(48-15-16-52-22-40(4,50)21-48)46-38(45-35)53-23-41-12-7-9-30(41)47(14-8-13-41)19-26-20-54-39(2,3)55-26/h1,10-11,17-18,26,30,49-50H,7-9,12-16,19-23H2,2-5H3/t26-,30-,40+,41-/m1/s1. The number of likely N-dealkylation sites (tertiary alicyclic amines) is 1. The van der Waals surface area contributed by atoms with Crippen LogP contribution in [-0.2, 0) is 14.2 Å². The van der Waals surface area contributed by atoms with Gasteiger partial charge in [0.25, 0.3) is 0 Å². The molecule has 5 heterocycles. The highest BCUT2D eigenvalue weighted by Crippen LogP contribution is 2.49. The molecule has 0 unspecified atom stereocenters. The molecule has 2 aromatic heterocycles. The zero-order valence-corrected chi connectivity index (χ0v) is 31.7. The number of pyridine rings is 1. The summed E-state index contributed by atoms with van der Waals surface area (Å²) in [6, 6.07) is 5.58. The van der Waals surface area contributed by atoms with E-state index >= 15 is 8.78 Å². The molecular formula is C41H47F2N5O7. The molecule has 292 valence electrons. The van der Waals surface area contributed by atoms with Crippen molar-refractivity contribution in [3.05, 3.63) is 41.5 Å². The first-order valence-electron chi connectivity index (χ1n) is 18.9. The van der Waals surface area contributed by atoms with Crippen molar-refractivity contribution in [2.45, 2.75) is 76.4 Å². The Morgan fingerprint density at radius 3 is 2.65 bits per heavy atom. The normalized spacial score (nSPS) is 26.9. The van der Waals surface area contributed by atoms with Crippen LogP contribution in [0, 0.1) is 29.4 Å². The summed E-state index contributed by atoms with van der Waals surface area (Å²) in [5.74, 6) is 0.264. The average Bonchev–Trinajstić information content (AvgIpc) is 3.69. The van der Waals surface area contributed by atoms with Crippen molar-refractivity contribution in [1.82, 2.24) is 19.9 Å². The number of piperidine rings is 1. The number of aromatic hydroxyl groups is 1. The van der Waals surface area contributed by atoms with Gasteiger partial charge in [0, 0.05) is 35.5 Å². The van der Waals surface area contributed by atoms with Crippen LogP contribution in [0.2, 0.25) is 0 Å². The molecule has 0 bridgehead atoms. The number of anilines is 1. The molecule has 0 radical (unpaired) electrons. The smallest absolute Gasteiger partial charge is 0.319 e. The van der Waals surface area contributed by atoms with E-state index in [4.69, 9.17) is 35.1 Å². The number of methoxy groups -OCH3 is 1. The molecule has 55 heavy (non-hydrogen) atoms. The molecule has 1 saturated carbocycles. The zero-order chi connectivity index (χ0) is 38.7. The minimum Gasteiger partial charge on any atom is -0.508 e. The molecule has 0 amide bonds. The van der Waals surface area contributed by atoms with Crippen LogP contribution in [0.1, 0.15) is 58.4 Å². The van der Waals surface area contributed by atoms with Gasteiger partial charge in [0.05, 0.1) is 51.7 Å². The van der Waals surface area contributed by atoms with Crippen molar-refractivity contribution in [3.63, 3.8) is 0 Å². The van der Waals surface area contributed by atoms with Crippen LogP contribution in [0.15, 0.2) is 24.3 Å². The van der Waals surface area contributed by atoms with Crippen LogP contribution < -0.4 is 14.4 Å². The maximum absolute atomic E-state index is 17.3. The number of hydrogen-bond donors (Lipinski definition) is 2. The minimum atomic E-state index is -1.25. The van der Waals surface area contributed by atoms with E-state index in [-0.39, 0.29) is 93.9 Å². The SMILES string of the molecule is C#Cc1c(F)ccc2cc(O)cc(-c3nc(OC)c4c(N5CCOC[C@@](C)(O)C5)nc(OC[C@]56CCC[C@H]5N(C[C@@H]5COC(C)(C)O5)CCC6)nc4c3F)c12. The molecule has 14 heteroatoms. The van der Waals surface area contributed by atoms with E-state index in [2.05, 4.69) is 20.8 Å². The van der Waals surface area contributed by atoms with Gasteiger partial charge in [-0.3, -0.25) is 4.90 Å². The van der Waals surface area contributed by atoms with Crippen molar-refractivity contribution in [2.24, 2.45) is 5.41 Å². The predicted octanol–water partition coefficient (Wildman–Crippen LogP) is 5.57. The molecule has 3 saturated heterocycles. The van der Waals surface area contributed by atoms with Crippen LogP contribution in [0.3, 0.4) is 0 Å². The molecule has 3 aliphatic heterocycles. The zero-order valence-electron chi connectivity index (χ0n) is 31.7. The molecule has 0 spiro atoms. The number of hydrogen-bond acceptors (Lipinski definition) is 12. The number of β-amino-alcohol motifs (C(OH)–C–C–N with tert-alkyl or cyclic N) is 1. The molecule has 4 atom stereocenters. The predicted molar refractivity (Wildman–Crippen MR) is 201 cm³/mol. The molecule has 2 aromatic carbocycles. The monoisotopic (exact) mass is 759 g/mol. The molecule has 4 aliphatic rings. The lowest BCUT2D eigenvalue weighted by Crippen LogP contribution is -2.54. The van der Waals surface area contributed by atoms with E-state index in [1.807, 2.05) is 13.8 Å².